The molecular weight excluding hydrogens is 378 g/mol. The lowest BCUT2D eigenvalue weighted by Crippen LogP contribution is -2.37. The highest BCUT2D eigenvalue weighted by Gasteiger charge is 2.29. The van der Waals surface area contributed by atoms with E-state index < -0.39 is 27.2 Å². The Bertz CT molecular complexity index is 869. The molecule has 0 aromatic heterocycles. The molecule has 2 aromatic carbocycles. The van der Waals surface area contributed by atoms with Gasteiger partial charge in [0.2, 0.25) is 0 Å². The van der Waals surface area contributed by atoms with Gasteiger partial charge in [-0.1, -0.05) is 48.5 Å². The van der Waals surface area contributed by atoms with E-state index in [1.54, 1.807) is 0 Å². The lowest BCUT2D eigenvalue weighted by Gasteiger charge is -2.16. The number of fused-ring (bicyclic) bond motifs is 3. The number of benzene rings is 2. The third-order valence-corrected chi connectivity index (χ3v) is 6.05. The molecular formula is C17H17NO6S2. The van der Waals surface area contributed by atoms with Gasteiger partial charge >= 0.3 is 15.2 Å². The number of amides is 1. The van der Waals surface area contributed by atoms with Gasteiger partial charge in [0.25, 0.3) is 0 Å². The molecule has 3 rings (SSSR count). The highest BCUT2D eigenvalue weighted by atomic mass is 33.1. The highest BCUT2D eigenvalue weighted by Crippen LogP contribution is 2.44. The normalized spacial score (nSPS) is 14.4. The van der Waals surface area contributed by atoms with Crippen LogP contribution in [0, 0.1) is 0 Å². The van der Waals surface area contributed by atoms with Crippen LogP contribution in [0.2, 0.25) is 0 Å². The van der Waals surface area contributed by atoms with Crippen LogP contribution in [-0.2, 0) is 13.9 Å². The first-order valence-corrected chi connectivity index (χ1v) is 10.7. The summed E-state index contributed by atoms with van der Waals surface area (Å²) in [5.41, 5.74) is 4.32. The van der Waals surface area contributed by atoms with E-state index in [1.807, 2.05) is 48.5 Å². The zero-order chi connectivity index (χ0) is 18.7. The third-order valence-electron chi connectivity index (χ3n) is 4.00. The summed E-state index contributed by atoms with van der Waals surface area (Å²) < 4.78 is 35.1. The van der Waals surface area contributed by atoms with Gasteiger partial charge < -0.3 is 9.84 Å². The van der Waals surface area contributed by atoms with Crippen LogP contribution >= 0.6 is 10.8 Å². The van der Waals surface area contributed by atoms with Gasteiger partial charge in [-0.3, -0.25) is 9.87 Å². The summed E-state index contributed by atoms with van der Waals surface area (Å²) in [7, 11) is -4.17. The van der Waals surface area contributed by atoms with Crippen molar-refractivity contribution in [1.29, 1.82) is 0 Å². The number of ether oxygens (including phenoxy) is 1. The number of aliphatic hydroxyl groups excluding tert-OH is 1. The Labute approximate surface area is 154 Å². The minimum Gasteiger partial charge on any atom is -0.448 e. The maximum absolute atomic E-state index is 11.8. The Balaban J connectivity index is 1.62. The number of carbonyl (C=O) groups excluding carboxylic acids is 1. The zero-order valence-electron chi connectivity index (χ0n) is 13.5. The van der Waals surface area contributed by atoms with Crippen molar-refractivity contribution in [1.82, 2.24) is 5.32 Å². The summed E-state index contributed by atoms with van der Waals surface area (Å²) in [6, 6.07) is 15.8. The summed E-state index contributed by atoms with van der Waals surface area (Å²) in [5, 5.41) is 11.7. The van der Waals surface area contributed by atoms with Gasteiger partial charge in [-0.05, 0) is 22.3 Å². The monoisotopic (exact) mass is 395 g/mol. The van der Waals surface area contributed by atoms with Crippen LogP contribution in [-0.4, -0.2) is 42.8 Å². The molecule has 0 aliphatic heterocycles. The van der Waals surface area contributed by atoms with E-state index in [-0.39, 0.29) is 23.3 Å². The highest BCUT2D eigenvalue weighted by molar-refractivity contribution is 8.69. The number of nitrogens with one attached hydrogen (secondary N) is 1. The van der Waals surface area contributed by atoms with E-state index in [0.29, 0.717) is 0 Å². The van der Waals surface area contributed by atoms with Crippen LogP contribution < -0.4 is 5.32 Å². The number of hydrogen-bond acceptors (Lipinski definition) is 6. The van der Waals surface area contributed by atoms with Crippen molar-refractivity contribution in [3.63, 3.8) is 0 Å². The van der Waals surface area contributed by atoms with Gasteiger partial charge in [-0.2, -0.15) is 8.42 Å². The van der Waals surface area contributed by atoms with Crippen molar-refractivity contribution >= 4 is 26.0 Å². The van der Waals surface area contributed by atoms with Gasteiger partial charge in [0, 0.05) is 16.7 Å². The van der Waals surface area contributed by atoms with Crippen molar-refractivity contribution in [2.45, 2.75) is 12.1 Å². The molecule has 0 heterocycles. The van der Waals surface area contributed by atoms with E-state index in [1.165, 1.54) is 0 Å². The predicted molar refractivity (Wildman–Crippen MR) is 98.2 cm³/mol. The Morgan fingerprint density at radius 3 is 2.19 bits per heavy atom. The first-order chi connectivity index (χ1) is 12.3. The Hall–Kier alpha value is -2.07. The zero-order valence-corrected chi connectivity index (χ0v) is 15.2. The molecule has 138 valence electrons. The maximum atomic E-state index is 11.8. The molecule has 9 heteroatoms. The van der Waals surface area contributed by atoms with Crippen molar-refractivity contribution in [3.8, 4) is 11.1 Å². The van der Waals surface area contributed by atoms with Crippen molar-refractivity contribution in [2.75, 3.05) is 12.4 Å². The van der Waals surface area contributed by atoms with Crippen LogP contribution in [0.5, 0.6) is 0 Å². The Morgan fingerprint density at radius 1 is 1.12 bits per heavy atom. The van der Waals surface area contributed by atoms with E-state index in [2.05, 4.69) is 5.32 Å². The summed E-state index contributed by atoms with van der Waals surface area (Å²) in [5.74, 6) is -0.527. The minimum atomic E-state index is -4.28. The molecule has 0 radical (unpaired) electrons. The molecule has 1 unspecified atom stereocenters. The fourth-order valence-electron chi connectivity index (χ4n) is 2.97. The van der Waals surface area contributed by atoms with Gasteiger partial charge in [0.1, 0.15) is 12.8 Å². The van der Waals surface area contributed by atoms with Gasteiger partial charge in [0.05, 0.1) is 5.75 Å². The molecule has 26 heavy (non-hydrogen) atoms. The minimum absolute atomic E-state index is 0.0814. The second kappa shape index (κ2) is 7.67. The largest absolute Gasteiger partial charge is 0.448 e. The van der Waals surface area contributed by atoms with Gasteiger partial charge in [0.15, 0.2) is 0 Å². The number of alkyl carbamates (subject to hydrolysis) is 1. The van der Waals surface area contributed by atoms with Gasteiger partial charge in [-0.25, -0.2) is 4.79 Å². The first kappa shape index (κ1) is 18.7. The van der Waals surface area contributed by atoms with Crippen LogP contribution in [0.15, 0.2) is 48.5 Å². The number of aliphatic hydroxyl groups is 1. The topological polar surface area (TPSA) is 113 Å². The molecule has 3 N–H and O–H groups in total. The second-order valence-electron chi connectivity index (χ2n) is 5.70. The maximum Gasteiger partial charge on any atom is 0.409 e. The summed E-state index contributed by atoms with van der Waals surface area (Å²) in [6.45, 7) is 0.0814. The van der Waals surface area contributed by atoms with Crippen molar-refractivity contribution in [2.24, 2.45) is 0 Å². The smallest absolute Gasteiger partial charge is 0.409 e. The standard InChI is InChI=1S/C17H17NO6S2/c19-16(10-25-26(21,22)23)18-17(20)24-9-15-13-7-3-1-5-11(13)12-6-2-4-8-14(12)15/h1-8,15-16,19H,9-10H2,(H,18,20)(H,21,22,23). The fraction of sp³-hybridized carbons (Fsp3) is 0.235. The lowest BCUT2D eigenvalue weighted by atomic mass is 9.98. The summed E-state index contributed by atoms with van der Waals surface area (Å²) in [4.78, 5) is 11.8. The molecule has 0 spiro atoms. The van der Waals surface area contributed by atoms with E-state index in [9.17, 15) is 18.3 Å². The lowest BCUT2D eigenvalue weighted by molar-refractivity contribution is 0.107. The molecule has 7 nitrogen and oxygen atoms in total. The van der Waals surface area contributed by atoms with Crippen LogP contribution in [0.4, 0.5) is 4.79 Å². The van der Waals surface area contributed by atoms with Crippen molar-refractivity contribution < 1.29 is 27.6 Å². The number of rotatable bonds is 6. The molecule has 2 aromatic rings. The molecule has 0 bridgehead atoms. The third kappa shape index (κ3) is 4.36. The molecule has 1 amide bonds. The average Bonchev–Trinajstić information content (AvgIpc) is 2.92. The number of hydrogen-bond donors (Lipinski definition) is 3. The number of carbonyl (C=O) groups is 1. The van der Waals surface area contributed by atoms with Crippen LogP contribution in [0.25, 0.3) is 11.1 Å². The fourth-order valence-corrected chi connectivity index (χ4v) is 4.26. The van der Waals surface area contributed by atoms with E-state index in [4.69, 9.17) is 9.29 Å². The molecule has 1 aliphatic carbocycles. The second-order valence-corrected chi connectivity index (χ2v) is 9.09. The molecule has 0 saturated carbocycles. The first-order valence-electron chi connectivity index (χ1n) is 7.76. The van der Waals surface area contributed by atoms with Crippen LogP contribution in [0.3, 0.4) is 0 Å². The molecule has 1 aliphatic rings. The molecule has 0 fully saturated rings. The van der Waals surface area contributed by atoms with E-state index >= 15 is 0 Å². The Morgan fingerprint density at radius 2 is 1.65 bits per heavy atom. The van der Waals surface area contributed by atoms with E-state index in [0.717, 1.165) is 22.3 Å². The average molecular weight is 395 g/mol. The summed E-state index contributed by atoms with van der Waals surface area (Å²) in [6.07, 6.45) is -2.33. The Kier molecular flexibility index (Phi) is 5.52. The van der Waals surface area contributed by atoms with Crippen molar-refractivity contribution in [3.05, 3.63) is 59.7 Å². The molecule has 1 atom stereocenters. The molecule has 0 saturated heterocycles. The predicted octanol–water partition coefficient (Wildman–Crippen LogP) is 2.38. The SMILES string of the molecule is O=C(NC(O)CSS(=O)(=O)O)OCC1c2ccccc2-c2ccccc21. The summed E-state index contributed by atoms with van der Waals surface area (Å²) >= 11 is 0. The van der Waals surface area contributed by atoms with Crippen LogP contribution in [0.1, 0.15) is 17.0 Å². The van der Waals surface area contributed by atoms with Gasteiger partial charge in [-0.15, -0.1) is 0 Å². The quantitative estimate of drug-likeness (QED) is 0.391.